The number of nitrogens with one attached hydrogen (secondary N) is 1. The predicted octanol–water partition coefficient (Wildman–Crippen LogP) is 5.35. The highest BCUT2D eigenvalue weighted by molar-refractivity contribution is 7.17. The molecule has 0 radical (unpaired) electrons. The van der Waals surface area contributed by atoms with Gasteiger partial charge in [-0.25, -0.2) is 9.37 Å². The Hall–Kier alpha value is -3.64. The van der Waals surface area contributed by atoms with Gasteiger partial charge in [0.25, 0.3) is 0 Å². The van der Waals surface area contributed by atoms with Gasteiger partial charge in [-0.1, -0.05) is 11.3 Å². The number of rotatable bonds is 6. The van der Waals surface area contributed by atoms with Crippen molar-refractivity contribution in [3.05, 3.63) is 65.0 Å². The number of thiazole rings is 1. The number of hydrogen-bond acceptors (Lipinski definition) is 8. The molecule has 1 heterocycles. The van der Waals surface area contributed by atoms with Crippen molar-refractivity contribution in [2.75, 3.05) is 12.5 Å². The van der Waals surface area contributed by atoms with Gasteiger partial charge in [0, 0.05) is 0 Å². The van der Waals surface area contributed by atoms with Crippen LogP contribution in [0.3, 0.4) is 0 Å². The van der Waals surface area contributed by atoms with Gasteiger partial charge in [-0.3, -0.25) is 5.43 Å². The molecule has 3 aromatic rings. The number of hydrazone groups is 1. The first-order valence-electron chi connectivity index (χ1n) is 8.12. The van der Waals surface area contributed by atoms with Crippen LogP contribution >= 0.6 is 11.3 Å². The molecule has 1 aromatic heterocycles. The average Bonchev–Trinajstić information content (AvgIpc) is 3.09. The summed E-state index contributed by atoms with van der Waals surface area (Å²) in [5, 5.41) is 22.8. The van der Waals surface area contributed by atoms with Gasteiger partial charge in [0.2, 0.25) is 0 Å². The summed E-state index contributed by atoms with van der Waals surface area (Å²) in [5.41, 5.74) is 4.69. The summed E-state index contributed by atoms with van der Waals surface area (Å²) in [7, 11) is 1.60. The number of methoxy groups -OCH3 is 1. The average molecular weight is 394 g/mol. The second-order valence-corrected chi connectivity index (χ2v) is 6.48. The lowest BCUT2D eigenvalue weighted by Gasteiger charge is -1.99. The lowest BCUT2D eigenvalue weighted by Crippen LogP contribution is -2.01. The molecule has 3 rings (SSSR count). The summed E-state index contributed by atoms with van der Waals surface area (Å²) in [5.74, 6) is 0.385. The van der Waals surface area contributed by atoms with E-state index in [-0.39, 0.29) is 11.5 Å². The molecule has 0 saturated carbocycles. The highest BCUT2D eigenvalue weighted by Gasteiger charge is 2.13. The molecule has 0 unspecified atom stereocenters. The number of nitrogens with zero attached hydrogens (tertiary/aromatic N) is 5. The van der Waals surface area contributed by atoms with E-state index in [4.69, 9.17) is 4.74 Å². The van der Waals surface area contributed by atoms with Gasteiger partial charge in [0.15, 0.2) is 15.7 Å². The molecular weight excluding hydrogens is 379 g/mol. The number of aromatic nitrogens is 1. The van der Waals surface area contributed by atoms with Gasteiger partial charge in [0.05, 0.1) is 24.2 Å². The van der Waals surface area contributed by atoms with Gasteiger partial charge >= 0.3 is 0 Å². The van der Waals surface area contributed by atoms with Crippen LogP contribution < -0.4 is 10.2 Å². The molecule has 0 aliphatic carbocycles. The SMILES string of the molecule is COc1ccc(N=Nc2sc(/C(C#N)=N\Nc3ccc(F)cc3)nc2C)cc1. The third-order valence-electron chi connectivity index (χ3n) is 3.55. The molecule has 28 heavy (non-hydrogen) atoms. The molecule has 0 spiro atoms. The Bertz CT molecular complexity index is 1050. The molecule has 0 aliphatic heterocycles. The maximum atomic E-state index is 12.9. The summed E-state index contributed by atoms with van der Waals surface area (Å²) in [6, 6.07) is 14.8. The normalized spacial score (nSPS) is 11.4. The Morgan fingerprint density at radius 2 is 1.86 bits per heavy atom. The smallest absolute Gasteiger partial charge is 0.196 e. The van der Waals surface area contributed by atoms with Crippen LogP contribution in [0.2, 0.25) is 0 Å². The van der Waals surface area contributed by atoms with Gasteiger partial charge < -0.3 is 4.74 Å². The zero-order valence-corrected chi connectivity index (χ0v) is 15.9. The molecule has 0 fully saturated rings. The van der Waals surface area contributed by atoms with Gasteiger partial charge in [-0.05, 0) is 55.5 Å². The second kappa shape index (κ2) is 8.83. The van der Waals surface area contributed by atoms with Crippen LogP contribution in [-0.2, 0) is 0 Å². The van der Waals surface area contributed by atoms with Crippen LogP contribution in [0.5, 0.6) is 5.75 Å². The van der Waals surface area contributed by atoms with E-state index in [2.05, 4.69) is 25.7 Å². The van der Waals surface area contributed by atoms with Crippen molar-refractivity contribution in [3.63, 3.8) is 0 Å². The van der Waals surface area contributed by atoms with Crippen LogP contribution in [0.1, 0.15) is 10.7 Å². The van der Waals surface area contributed by atoms with Gasteiger partial charge in [0.1, 0.15) is 17.6 Å². The van der Waals surface area contributed by atoms with E-state index in [9.17, 15) is 9.65 Å². The first kappa shape index (κ1) is 19.1. The molecule has 7 nitrogen and oxygen atoms in total. The molecule has 0 bridgehead atoms. The lowest BCUT2D eigenvalue weighted by atomic mass is 10.3. The minimum absolute atomic E-state index is 0.100. The third-order valence-corrected chi connectivity index (χ3v) is 4.60. The Balaban J connectivity index is 1.77. The lowest BCUT2D eigenvalue weighted by molar-refractivity contribution is 0.415. The van der Waals surface area contributed by atoms with Crippen molar-refractivity contribution in [2.24, 2.45) is 15.3 Å². The number of ether oxygens (including phenoxy) is 1. The van der Waals surface area contributed by atoms with Gasteiger partial charge in [-0.15, -0.1) is 10.2 Å². The number of halogens is 1. The molecule has 0 atom stereocenters. The zero-order chi connectivity index (χ0) is 19.9. The quantitative estimate of drug-likeness (QED) is 0.346. The summed E-state index contributed by atoms with van der Waals surface area (Å²) in [6.45, 7) is 1.78. The summed E-state index contributed by atoms with van der Waals surface area (Å²) < 4.78 is 18.1. The van der Waals surface area contributed by atoms with Crippen molar-refractivity contribution in [1.29, 1.82) is 5.26 Å². The number of hydrogen-bond donors (Lipinski definition) is 1. The molecule has 1 N–H and O–H groups in total. The van der Waals surface area contributed by atoms with Gasteiger partial charge in [-0.2, -0.15) is 10.4 Å². The van der Waals surface area contributed by atoms with E-state index < -0.39 is 0 Å². The third kappa shape index (κ3) is 4.75. The number of azo groups is 1. The molecular formula is C19H15FN6OS. The highest BCUT2D eigenvalue weighted by atomic mass is 32.1. The topological polar surface area (TPSA) is 95.0 Å². The minimum atomic E-state index is -0.350. The minimum Gasteiger partial charge on any atom is -0.497 e. The van der Waals surface area contributed by atoms with Crippen molar-refractivity contribution in [2.45, 2.75) is 6.92 Å². The maximum absolute atomic E-state index is 12.9. The van der Waals surface area contributed by atoms with Crippen molar-refractivity contribution in [1.82, 2.24) is 4.98 Å². The fourth-order valence-electron chi connectivity index (χ4n) is 2.10. The molecule has 140 valence electrons. The summed E-state index contributed by atoms with van der Waals surface area (Å²) in [4.78, 5) is 4.34. The Labute approximate surface area is 164 Å². The molecule has 9 heteroatoms. The van der Waals surface area contributed by atoms with Crippen molar-refractivity contribution in [3.8, 4) is 11.8 Å². The van der Waals surface area contributed by atoms with Crippen molar-refractivity contribution < 1.29 is 9.13 Å². The zero-order valence-electron chi connectivity index (χ0n) is 15.0. The van der Waals surface area contributed by atoms with E-state index in [1.165, 1.54) is 35.6 Å². The predicted molar refractivity (Wildman–Crippen MR) is 106 cm³/mol. The van der Waals surface area contributed by atoms with Crippen LogP contribution in [-0.4, -0.2) is 17.8 Å². The number of nitriles is 1. The monoisotopic (exact) mass is 394 g/mol. The molecule has 0 saturated heterocycles. The first-order valence-corrected chi connectivity index (χ1v) is 8.93. The first-order chi connectivity index (χ1) is 13.6. The van der Waals surface area contributed by atoms with Crippen molar-refractivity contribution >= 4 is 33.4 Å². The Morgan fingerprint density at radius 3 is 2.50 bits per heavy atom. The summed E-state index contributed by atoms with van der Waals surface area (Å²) >= 11 is 1.21. The van der Waals surface area contributed by atoms with Crippen LogP contribution in [0.15, 0.2) is 63.9 Å². The molecule has 0 aliphatic rings. The van der Waals surface area contributed by atoms with E-state index in [0.29, 0.717) is 27.1 Å². The van der Waals surface area contributed by atoms with Crippen LogP contribution in [0.25, 0.3) is 0 Å². The van der Waals surface area contributed by atoms with Crippen LogP contribution in [0.4, 0.5) is 20.8 Å². The maximum Gasteiger partial charge on any atom is 0.196 e. The van der Waals surface area contributed by atoms with E-state index in [1.807, 2.05) is 6.07 Å². The fraction of sp³-hybridized carbons (Fsp3) is 0.105. The fourth-order valence-corrected chi connectivity index (χ4v) is 2.93. The summed E-state index contributed by atoms with van der Waals surface area (Å²) in [6.07, 6.45) is 0. The number of aryl methyl sites for hydroxylation is 1. The molecule has 2 aromatic carbocycles. The van der Waals surface area contributed by atoms with E-state index in [1.54, 1.807) is 38.3 Å². The number of anilines is 1. The van der Waals surface area contributed by atoms with Crippen LogP contribution in [0, 0.1) is 24.1 Å². The Morgan fingerprint density at radius 1 is 1.14 bits per heavy atom. The largest absolute Gasteiger partial charge is 0.497 e. The Kier molecular flexibility index (Phi) is 6.04. The second-order valence-electron chi connectivity index (χ2n) is 5.50. The molecule has 0 amide bonds. The standard InChI is InChI=1S/C19H15FN6OS/c1-12-18(26-24-15-7-9-16(27-2)10-8-15)28-19(22-12)17(11-21)25-23-14-5-3-13(20)4-6-14/h3-10,23H,1-2H3/b25-17-,26-24?. The highest BCUT2D eigenvalue weighted by Crippen LogP contribution is 2.30. The van der Waals surface area contributed by atoms with E-state index in [0.717, 1.165) is 5.75 Å². The van der Waals surface area contributed by atoms with E-state index >= 15 is 0 Å². The number of benzene rings is 2.